The van der Waals surface area contributed by atoms with Crippen LogP contribution in [0.15, 0.2) is 18.5 Å². The summed E-state index contributed by atoms with van der Waals surface area (Å²) in [5, 5.41) is 8.66. The number of rotatable bonds is 6. The molecule has 0 spiro atoms. The van der Waals surface area contributed by atoms with Crippen molar-refractivity contribution in [2.45, 2.75) is 32.9 Å². The minimum Gasteiger partial charge on any atom is -0.481 e. The van der Waals surface area contributed by atoms with Gasteiger partial charge in [-0.05, 0) is 25.5 Å². The SMILES string of the molecule is CC(C)N(CCC(=O)O)Cc1cncc(F)c1. The monoisotopic (exact) mass is 240 g/mol. The molecular formula is C12H17FN2O2. The first-order chi connectivity index (χ1) is 7.99. The average molecular weight is 240 g/mol. The molecule has 0 aliphatic rings. The Kier molecular flexibility index (Phi) is 5.03. The molecule has 1 aromatic heterocycles. The van der Waals surface area contributed by atoms with Gasteiger partial charge in [0.25, 0.3) is 0 Å². The molecule has 0 saturated carbocycles. The molecule has 94 valence electrons. The summed E-state index contributed by atoms with van der Waals surface area (Å²) in [6.45, 7) is 4.92. The van der Waals surface area contributed by atoms with Crippen LogP contribution in [0.4, 0.5) is 4.39 Å². The lowest BCUT2D eigenvalue weighted by molar-refractivity contribution is -0.137. The van der Waals surface area contributed by atoms with Crippen LogP contribution in [0.2, 0.25) is 0 Å². The van der Waals surface area contributed by atoms with Gasteiger partial charge in [0.05, 0.1) is 12.6 Å². The first-order valence-corrected chi connectivity index (χ1v) is 5.54. The Bertz CT molecular complexity index is 383. The zero-order chi connectivity index (χ0) is 12.8. The third-order valence-corrected chi connectivity index (χ3v) is 2.49. The van der Waals surface area contributed by atoms with Gasteiger partial charge in [0.1, 0.15) is 5.82 Å². The van der Waals surface area contributed by atoms with E-state index in [2.05, 4.69) is 4.98 Å². The standard InChI is InChI=1S/C12H17FN2O2/c1-9(2)15(4-3-12(16)17)8-10-5-11(13)7-14-6-10/h5-7,9H,3-4,8H2,1-2H3,(H,16,17). The first kappa shape index (κ1) is 13.6. The van der Waals surface area contributed by atoms with Gasteiger partial charge in [-0.15, -0.1) is 0 Å². The molecule has 1 N–H and O–H groups in total. The van der Waals surface area contributed by atoms with Crippen LogP contribution in [0.25, 0.3) is 0 Å². The third-order valence-electron chi connectivity index (χ3n) is 2.49. The molecule has 0 amide bonds. The molecule has 0 radical (unpaired) electrons. The van der Waals surface area contributed by atoms with Crippen LogP contribution in [0.3, 0.4) is 0 Å². The Hall–Kier alpha value is -1.49. The highest BCUT2D eigenvalue weighted by molar-refractivity contribution is 5.66. The highest BCUT2D eigenvalue weighted by Crippen LogP contribution is 2.09. The van der Waals surface area contributed by atoms with Crippen molar-refractivity contribution in [1.82, 2.24) is 9.88 Å². The summed E-state index contributed by atoms with van der Waals surface area (Å²) in [4.78, 5) is 16.3. The lowest BCUT2D eigenvalue weighted by Crippen LogP contribution is -2.32. The van der Waals surface area contributed by atoms with E-state index in [1.807, 2.05) is 18.7 Å². The van der Waals surface area contributed by atoms with Crippen LogP contribution < -0.4 is 0 Å². The molecule has 0 aliphatic heterocycles. The van der Waals surface area contributed by atoms with Gasteiger partial charge in [0, 0.05) is 25.3 Å². The van der Waals surface area contributed by atoms with Crippen molar-refractivity contribution in [3.63, 3.8) is 0 Å². The van der Waals surface area contributed by atoms with E-state index in [1.54, 1.807) is 6.20 Å². The number of aromatic nitrogens is 1. The summed E-state index contributed by atoms with van der Waals surface area (Å²) in [6.07, 6.45) is 2.83. The number of carboxylic acids is 1. The van der Waals surface area contributed by atoms with E-state index < -0.39 is 5.97 Å². The number of hydrogen-bond donors (Lipinski definition) is 1. The van der Waals surface area contributed by atoms with Crippen molar-refractivity contribution in [3.8, 4) is 0 Å². The number of carboxylic acid groups (broad SMARTS) is 1. The zero-order valence-electron chi connectivity index (χ0n) is 10.1. The van der Waals surface area contributed by atoms with Crippen molar-refractivity contribution in [2.24, 2.45) is 0 Å². The molecule has 0 saturated heterocycles. The van der Waals surface area contributed by atoms with E-state index in [4.69, 9.17) is 5.11 Å². The minimum absolute atomic E-state index is 0.0843. The quantitative estimate of drug-likeness (QED) is 0.825. The van der Waals surface area contributed by atoms with Crippen molar-refractivity contribution in [3.05, 3.63) is 29.8 Å². The van der Waals surface area contributed by atoms with Gasteiger partial charge in [-0.1, -0.05) is 0 Å². The predicted molar refractivity (Wildman–Crippen MR) is 62.0 cm³/mol. The number of pyridine rings is 1. The van der Waals surface area contributed by atoms with Gasteiger partial charge in [0.15, 0.2) is 0 Å². The Morgan fingerprint density at radius 1 is 1.53 bits per heavy atom. The summed E-state index contributed by atoms with van der Waals surface area (Å²) < 4.78 is 13.0. The Morgan fingerprint density at radius 3 is 2.76 bits per heavy atom. The lowest BCUT2D eigenvalue weighted by Gasteiger charge is -2.25. The molecular weight excluding hydrogens is 223 g/mol. The molecule has 0 unspecified atom stereocenters. The fourth-order valence-electron chi connectivity index (χ4n) is 1.54. The van der Waals surface area contributed by atoms with E-state index in [9.17, 15) is 9.18 Å². The molecule has 5 heteroatoms. The second-order valence-electron chi connectivity index (χ2n) is 4.22. The predicted octanol–water partition coefficient (Wildman–Crippen LogP) is 1.91. The molecule has 17 heavy (non-hydrogen) atoms. The number of carbonyl (C=O) groups is 1. The first-order valence-electron chi connectivity index (χ1n) is 5.54. The third kappa shape index (κ3) is 4.91. The van der Waals surface area contributed by atoms with Crippen molar-refractivity contribution in [2.75, 3.05) is 6.54 Å². The molecule has 1 aromatic rings. The van der Waals surface area contributed by atoms with Crippen LogP contribution in [-0.4, -0.2) is 33.5 Å². The molecule has 0 fully saturated rings. The number of nitrogens with zero attached hydrogens (tertiary/aromatic N) is 2. The molecule has 1 heterocycles. The van der Waals surface area contributed by atoms with Crippen LogP contribution in [0.5, 0.6) is 0 Å². The Labute approximate surface area is 100 Å². The van der Waals surface area contributed by atoms with Gasteiger partial charge in [-0.25, -0.2) is 4.39 Å². The van der Waals surface area contributed by atoms with Gasteiger partial charge in [-0.3, -0.25) is 14.7 Å². The lowest BCUT2D eigenvalue weighted by atomic mass is 10.2. The molecule has 0 atom stereocenters. The number of aliphatic carboxylic acids is 1. The normalized spacial score (nSPS) is 11.1. The van der Waals surface area contributed by atoms with Crippen LogP contribution >= 0.6 is 0 Å². The maximum Gasteiger partial charge on any atom is 0.304 e. The van der Waals surface area contributed by atoms with Crippen molar-refractivity contribution in [1.29, 1.82) is 0 Å². The summed E-state index contributed by atoms with van der Waals surface area (Å²) in [5.41, 5.74) is 0.754. The Morgan fingerprint density at radius 2 is 2.24 bits per heavy atom. The van der Waals surface area contributed by atoms with E-state index in [-0.39, 0.29) is 18.3 Å². The fourth-order valence-corrected chi connectivity index (χ4v) is 1.54. The highest BCUT2D eigenvalue weighted by atomic mass is 19.1. The summed E-state index contributed by atoms with van der Waals surface area (Å²) >= 11 is 0. The summed E-state index contributed by atoms with van der Waals surface area (Å²) in [5.74, 6) is -1.20. The van der Waals surface area contributed by atoms with E-state index in [0.29, 0.717) is 13.1 Å². The highest BCUT2D eigenvalue weighted by Gasteiger charge is 2.12. The fraction of sp³-hybridized carbons (Fsp3) is 0.500. The maximum atomic E-state index is 13.0. The molecule has 0 aromatic carbocycles. The van der Waals surface area contributed by atoms with Crippen molar-refractivity contribution >= 4 is 5.97 Å². The molecule has 0 bridgehead atoms. The second-order valence-corrected chi connectivity index (χ2v) is 4.22. The summed E-state index contributed by atoms with van der Waals surface area (Å²) in [6, 6.07) is 1.63. The van der Waals surface area contributed by atoms with Crippen LogP contribution in [0, 0.1) is 5.82 Å². The largest absolute Gasteiger partial charge is 0.481 e. The van der Waals surface area contributed by atoms with E-state index in [0.717, 1.165) is 11.8 Å². The maximum absolute atomic E-state index is 13.0. The summed E-state index contributed by atoms with van der Waals surface area (Å²) in [7, 11) is 0. The Balaban J connectivity index is 2.63. The van der Waals surface area contributed by atoms with Gasteiger partial charge < -0.3 is 5.11 Å². The zero-order valence-corrected chi connectivity index (χ0v) is 10.1. The molecule has 0 aliphatic carbocycles. The van der Waals surface area contributed by atoms with Gasteiger partial charge in [-0.2, -0.15) is 0 Å². The van der Waals surface area contributed by atoms with Gasteiger partial charge >= 0.3 is 5.97 Å². The van der Waals surface area contributed by atoms with Crippen LogP contribution in [-0.2, 0) is 11.3 Å². The van der Waals surface area contributed by atoms with E-state index >= 15 is 0 Å². The second kappa shape index (κ2) is 6.30. The molecule has 4 nitrogen and oxygen atoms in total. The smallest absolute Gasteiger partial charge is 0.304 e. The number of hydrogen-bond acceptors (Lipinski definition) is 3. The van der Waals surface area contributed by atoms with Gasteiger partial charge in [0.2, 0.25) is 0 Å². The molecule has 1 rings (SSSR count). The van der Waals surface area contributed by atoms with Crippen LogP contribution in [0.1, 0.15) is 25.8 Å². The van der Waals surface area contributed by atoms with E-state index in [1.165, 1.54) is 6.07 Å². The minimum atomic E-state index is -0.826. The topological polar surface area (TPSA) is 53.4 Å². The number of halogens is 1. The average Bonchev–Trinajstić information content (AvgIpc) is 2.23. The van der Waals surface area contributed by atoms with Crippen molar-refractivity contribution < 1.29 is 14.3 Å².